The number of anilines is 1. The Morgan fingerprint density at radius 2 is 1.29 bits per heavy atom. The molecule has 34 heavy (non-hydrogen) atoms. The number of nitrogens with one attached hydrogen (secondary N) is 1. The molecule has 0 saturated heterocycles. The van der Waals surface area contributed by atoms with Gasteiger partial charge >= 0.3 is 0 Å². The molecule has 0 aliphatic carbocycles. The molecular weight excluding hydrogens is 442 g/mol. The Bertz CT molecular complexity index is 1240. The van der Waals surface area contributed by atoms with Gasteiger partial charge in [-0.15, -0.1) is 0 Å². The number of halogens is 1. The van der Waals surface area contributed by atoms with E-state index in [2.05, 4.69) is 29.6 Å². The van der Waals surface area contributed by atoms with Crippen LogP contribution in [-0.4, -0.2) is 22.8 Å². The van der Waals surface area contributed by atoms with Gasteiger partial charge in [-0.25, -0.2) is 4.99 Å². The highest BCUT2D eigenvalue weighted by atomic mass is 35.5. The van der Waals surface area contributed by atoms with Crippen LogP contribution in [0.3, 0.4) is 0 Å². The molecule has 0 fully saturated rings. The summed E-state index contributed by atoms with van der Waals surface area (Å²) in [7, 11) is 0. The Kier molecular flexibility index (Phi) is 6.41. The molecule has 4 aromatic rings. The summed E-state index contributed by atoms with van der Waals surface area (Å²) >= 11 is 6.08. The van der Waals surface area contributed by atoms with E-state index in [-0.39, 0.29) is 11.9 Å². The zero-order chi connectivity index (χ0) is 23.3. The van der Waals surface area contributed by atoms with E-state index in [4.69, 9.17) is 16.6 Å². The summed E-state index contributed by atoms with van der Waals surface area (Å²) in [6.07, 6.45) is 0.540. The Labute approximate surface area is 204 Å². The van der Waals surface area contributed by atoms with E-state index in [1.807, 2.05) is 91.0 Å². The number of amides is 1. The Hall–Kier alpha value is -3.89. The van der Waals surface area contributed by atoms with Gasteiger partial charge in [0.25, 0.3) is 5.91 Å². The van der Waals surface area contributed by atoms with Crippen molar-refractivity contribution in [1.29, 1.82) is 0 Å². The van der Waals surface area contributed by atoms with Gasteiger partial charge in [0.1, 0.15) is 6.04 Å². The average molecular weight is 466 g/mol. The number of hydrogen-bond donors (Lipinski definition) is 1. The van der Waals surface area contributed by atoms with Crippen LogP contribution in [0.5, 0.6) is 0 Å². The number of carbonyl (C=O) groups is 1. The molecule has 0 bridgehead atoms. The molecule has 0 spiro atoms. The average Bonchev–Trinajstić information content (AvgIpc) is 3.17. The predicted molar refractivity (Wildman–Crippen MR) is 138 cm³/mol. The van der Waals surface area contributed by atoms with Crippen LogP contribution < -0.4 is 5.32 Å². The van der Waals surface area contributed by atoms with Crippen LogP contribution in [0, 0.1) is 0 Å². The number of benzene rings is 4. The molecule has 4 nitrogen and oxygen atoms in total. The molecule has 1 N–H and O–H groups in total. The van der Waals surface area contributed by atoms with Crippen LogP contribution in [0.2, 0.25) is 5.02 Å². The minimum atomic E-state index is -0.507. The molecule has 1 amide bonds. The largest absolute Gasteiger partial charge is 0.326 e. The fraction of sp³-hybridized carbons (Fsp3) is 0.103. The third-order valence-electron chi connectivity index (χ3n) is 5.89. The standard InChI is InChI=1S/C29H24ClN3O/c30-24-16-18-25(19-17-24)31-29-32-26(20-21-10-4-1-5-11-21)28(34)33(29)27(22-12-6-2-7-13-22)23-14-8-3-9-15-23/h1-19,26-27H,20H2,(H,31,32)/t26-/m0/s1. The zero-order valence-electron chi connectivity index (χ0n) is 18.5. The summed E-state index contributed by atoms with van der Waals surface area (Å²) in [5.41, 5.74) is 3.94. The number of nitrogens with zero attached hydrogens (tertiary/aromatic N) is 2. The fourth-order valence-electron chi connectivity index (χ4n) is 4.27. The number of hydrogen-bond acceptors (Lipinski definition) is 3. The highest BCUT2D eigenvalue weighted by Crippen LogP contribution is 2.33. The second-order valence-electron chi connectivity index (χ2n) is 8.22. The maximum atomic E-state index is 13.9. The quantitative estimate of drug-likeness (QED) is 0.360. The van der Waals surface area contributed by atoms with Gasteiger partial charge in [0, 0.05) is 17.1 Å². The Balaban J connectivity index is 1.57. The summed E-state index contributed by atoms with van der Waals surface area (Å²) in [5.74, 6) is 0.504. The lowest BCUT2D eigenvalue weighted by Gasteiger charge is -2.30. The van der Waals surface area contributed by atoms with E-state index in [9.17, 15) is 4.79 Å². The predicted octanol–water partition coefficient (Wildman–Crippen LogP) is 6.35. The van der Waals surface area contributed by atoms with E-state index in [0.29, 0.717) is 17.4 Å². The van der Waals surface area contributed by atoms with Crippen LogP contribution in [0.4, 0.5) is 5.69 Å². The number of carbonyl (C=O) groups excluding carboxylic acids is 1. The number of aliphatic imine (C=N–C) groups is 1. The van der Waals surface area contributed by atoms with Crippen LogP contribution in [0.25, 0.3) is 0 Å². The number of rotatable bonds is 6. The van der Waals surface area contributed by atoms with E-state index in [1.54, 1.807) is 4.90 Å². The van der Waals surface area contributed by atoms with Crippen molar-refractivity contribution in [1.82, 2.24) is 4.90 Å². The molecule has 0 saturated carbocycles. The van der Waals surface area contributed by atoms with Crippen molar-refractivity contribution < 1.29 is 4.79 Å². The third-order valence-corrected chi connectivity index (χ3v) is 6.14. The summed E-state index contributed by atoms with van der Waals surface area (Å²) in [6, 6.07) is 36.8. The Morgan fingerprint density at radius 1 is 0.765 bits per heavy atom. The third kappa shape index (κ3) is 4.73. The van der Waals surface area contributed by atoms with Gasteiger partial charge in [0.2, 0.25) is 5.96 Å². The van der Waals surface area contributed by atoms with Crippen molar-refractivity contribution in [3.8, 4) is 0 Å². The molecule has 5 rings (SSSR count). The molecule has 0 radical (unpaired) electrons. The van der Waals surface area contributed by atoms with Gasteiger partial charge < -0.3 is 5.32 Å². The molecule has 1 atom stereocenters. The maximum absolute atomic E-state index is 13.9. The topological polar surface area (TPSA) is 44.7 Å². The normalized spacial score (nSPS) is 15.5. The molecule has 168 valence electrons. The number of guanidine groups is 1. The van der Waals surface area contributed by atoms with Crippen LogP contribution >= 0.6 is 11.6 Å². The van der Waals surface area contributed by atoms with Crippen LogP contribution in [-0.2, 0) is 11.2 Å². The highest BCUT2D eigenvalue weighted by molar-refractivity contribution is 6.30. The molecule has 0 aromatic heterocycles. The first-order valence-corrected chi connectivity index (χ1v) is 11.6. The lowest BCUT2D eigenvalue weighted by molar-refractivity contribution is -0.128. The SMILES string of the molecule is O=C1[C@H](Cc2ccccc2)N=C(Nc2ccc(Cl)cc2)N1C(c1ccccc1)c1ccccc1. The molecule has 1 aliphatic rings. The molecule has 5 heteroatoms. The van der Waals surface area contributed by atoms with Crippen LogP contribution in [0.1, 0.15) is 22.7 Å². The smallest absolute Gasteiger partial charge is 0.255 e. The second kappa shape index (κ2) is 9.94. The van der Waals surface area contributed by atoms with Gasteiger partial charge in [-0.3, -0.25) is 9.69 Å². The Morgan fingerprint density at radius 3 is 1.85 bits per heavy atom. The summed E-state index contributed by atoms with van der Waals surface area (Å²) < 4.78 is 0. The van der Waals surface area contributed by atoms with Crippen molar-refractivity contribution in [3.05, 3.63) is 137 Å². The summed E-state index contributed by atoms with van der Waals surface area (Å²) in [6.45, 7) is 0. The van der Waals surface area contributed by atoms with E-state index in [1.165, 1.54) is 0 Å². The minimum absolute atomic E-state index is 0.0296. The maximum Gasteiger partial charge on any atom is 0.255 e. The van der Waals surface area contributed by atoms with Crippen molar-refractivity contribution in [2.75, 3.05) is 5.32 Å². The lowest BCUT2D eigenvalue weighted by atomic mass is 9.96. The molecule has 0 unspecified atom stereocenters. The van der Waals surface area contributed by atoms with Crippen LogP contribution in [0.15, 0.2) is 120 Å². The minimum Gasteiger partial charge on any atom is -0.326 e. The molecule has 1 aliphatic heterocycles. The first kappa shape index (κ1) is 21.9. The van der Waals surface area contributed by atoms with Crippen molar-refractivity contribution in [3.63, 3.8) is 0 Å². The van der Waals surface area contributed by atoms with Crippen molar-refractivity contribution in [2.45, 2.75) is 18.5 Å². The van der Waals surface area contributed by atoms with Gasteiger partial charge in [-0.05, 0) is 41.0 Å². The van der Waals surface area contributed by atoms with Gasteiger partial charge in [0.05, 0.1) is 6.04 Å². The van der Waals surface area contributed by atoms with Crippen molar-refractivity contribution >= 4 is 29.2 Å². The van der Waals surface area contributed by atoms with Crippen molar-refractivity contribution in [2.24, 2.45) is 4.99 Å². The van der Waals surface area contributed by atoms with Gasteiger partial charge in [-0.2, -0.15) is 0 Å². The van der Waals surface area contributed by atoms with Gasteiger partial charge in [-0.1, -0.05) is 103 Å². The lowest BCUT2D eigenvalue weighted by Crippen LogP contribution is -2.42. The summed E-state index contributed by atoms with van der Waals surface area (Å²) in [4.78, 5) is 20.6. The first-order valence-electron chi connectivity index (χ1n) is 11.3. The van der Waals surface area contributed by atoms with Gasteiger partial charge in [0.15, 0.2) is 0 Å². The molecular formula is C29H24ClN3O. The fourth-order valence-corrected chi connectivity index (χ4v) is 4.39. The second-order valence-corrected chi connectivity index (χ2v) is 8.66. The summed E-state index contributed by atoms with van der Waals surface area (Å²) in [5, 5.41) is 4.03. The monoisotopic (exact) mass is 465 g/mol. The highest BCUT2D eigenvalue weighted by Gasteiger charge is 2.40. The molecule has 4 aromatic carbocycles. The van der Waals surface area contributed by atoms with E-state index >= 15 is 0 Å². The van der Waals surface area contributed by atoms with E-state index < -0.39 is 6.04 Å². The molecule has 1 heterocycles. The first-order chi connectivity index (χ1) is 16.7. The zero-order valence-corrected chi connectivity index (χ0v) is 19.3. The van der Waals surface area contributed by atoms with E-state index in [0.717, 1.165) is 22.4 Å².